The molecule has 0 radical (unpaired) electrons. The summed E-state index contributed by atoms with van der Waals surface area (Å²) in [6.45, 7) is 0. The molecule has 1 heterocycles. The molecule has 0 unspecified atom stereocenters. The summed E-state index contributed by atoms with van der Waals surface area (Å²) in [7, 11) is 1.39. The first-order chi connectivity index (χ1) is 6.06. The minimum atomic E-state index is -2.65. The lowest BCUT2D eigenvalue weighted by molar-refractivity contribution is 0.150. The van der Waals surface area contributed by atoms with E-state index in [-0.39, 0.29) is 21.7 Å². The van der Waals surface area contributed by atoms with E-state index in [1.165, 1.54) is 13.2 Å². The van der Waals surface area contributed by atoms with E-state index in [1.54, 1.807) is 0 Å². The fourth-order valence-corrected chi connectivity index (χ4v) is 1.42. The van der Waals surface area contributed by atoms with Crippen molar-refractivity contribution in [3.05, 3.63) is 16.2 Å². The normalized spacial score (nSPS) is 10.5. The smallest absolute Gasteiger partial charge is 0.268 e. The van der Waals surface area contributed by atoms with E-state index in [2.05, 4.69) is 20.9 Å². The lowest BCUT2D eigenvalue weighted by atomic mass is 10.2. The average molecular weight is 253 g/mol. The van der Waals surface area contributed by atoms with Crippen LogP contribution < -0.4 is 10.5 Å². The van der Waals surface area contributed by atoms with Gasteiger partial charge in [-0.3, -0.25) is 0 Å². The number of nitrogen functional groups attached to an aromatic ring is 1. The molecular weight excluding hydrogens is 246 g/mol. The minimum absolute atomic E-state index is 0.0133. The molecule has 0 saturated heterocycles. The van der Waals surface area contributed by atoms with Gasteiger partial charge in [0.1, 0.15) is 4.60 Å². The van der Waals surface area contributed by atoms with Gasteiger partial charge in [0.15, 0.2) is 0 Å². The molecule has 6 heteroatoms. The predicted molar refractivity (Wildman–Crippen MR) is 47.9 cm³/mol. The monoisotopic (exact) mass is 252 g/mol. The van der Waals surface area contributed by atoms with E-state index in [1.807, 2.05) is 0 Å². The van der Waals surface area contributed by atoms with Gasteiger partial charge in [0.2, 0.25) is 5.88 Å². The van der Waals surface area contributed by atoms with Crippen molar-refractivity contribution in [1.29, 1.82) is 0 Å². The maximum atomic E-state index is 12.3. The topological polar surface area (TPSA) is 48.1 Å². The standard InChI is InChI=1S/C7H7BrF2N2O/c1-13-4-2-3(11)5(7(9)10)6(8)12-4/h2,7H,1H3,(H2,11,12). The van der Waals surface area contributed by atoms with Gasteiger partial charge >= 0.3 is 0 Å². The second kappa shape index (κ2) is 3.87. The Labute approximate surface area is 82.0 Å². The molecule has 1 aromatic rings. The van der Waals surface area contributed by atoms with E-state index < -0.39 is 6.43 Å². The fraction of sp³-hybridized carbons (Fsp3) is 0.286. The third kappa shape index (κ3) is 2.06. The van der Waals surface area contributed by atoms with E-state index in [0.717, 1.165) is 0 Å². The molecule has 0 atom stereocenters. The Morgan fingerprint density at radius 2 is 2.23 bits per heavy atom. The molecule has 1 aromatic heterocycles. The summed E-state index contributed by atoms with van der Waals surface area (Å²) in [5.41, 5.74) is 5.03. The van der Waals surface area contributed by atoms with Gasteiger partial charge in [0.25, 0.3) is 6.43 Å². The Hall–Kier alpha value is -0.910. The largest absolute Gasteiger partial charge is 0.481 e. The summed E-state index contributed by atoms with van der Waals surface area (Å²) in [6, 6.07) is 1.26. The summed E-state index contributed by atoms with van der Waals surface area (Å²) in [5, 5.41) is 0. The number of methoxy groups -OCH3 is 1. The molecule has 72 valence electrons. The molecule has 0 spiro atoms. The summed E-state index contributed by atoms with van der Waals surface area (Å²) in [4.78, 5) is 3.71. The highest BCUT2D eigenvalue weighted by Gasteiger charge is 2.17. The van der Waals surface area contributed by atoms with Gasteiger partial charge in [-0.25, -0.2) is 13.8 Å². The Balaban J connectivity index is 3.23. The van der Waals surface area contributed by atoms with Gasteiger partial charge in [-0.1, -0.05) is 0 Å². The Kier molecular flexibility index (Phi) is 3.02. The molecule has 0 aliphatic carbocycles. The van der Waals surface area contributed by atoms with Crippen molar-refractivity contribution in [2.45, 2.75) is 6.43 Å². The SMILES string of the molecule is COc1cc(N)c(C(F)F)c(Br)n1. The van der Waals surface area contributed by atoms with Gasteiger partial charge < -0.3 is 10.5 Å². The first-order valence-electron chi connectivity index (χ1n) is 3.34. The summed E-state index contributed by atoms with van der Waals surface area (Å²) >= 11 is 2.89. The Morgan fingerprint density at radius 3 is 2.62 bits per heavy atom. The Morgan fingerprint density at radius 1 is 1.62 bits per heavy atom. The lowest BCUT2D eigenvalue weighted by Gasteiger charge is -2.08. The van der Waals surface area contributed by atoms with Crippen LogP contribution in [0.1, 0.15) is 12.0 Å². The minimum Gasteiger partial charge on any atom is -0.481 e. The number of alkyl halides is 2. The van der Waals surface area contributed by atoms with E-state index in [0.29, 0.717) is 0 Å². The molecule has 0 fully saturated rings. The highest BCUT2D eigenvalue weighted by Crippen LogP contribution is 2.33. The Bertz CT molecular complexity index is 296. The number of hydrogen-bond acceptors (Lipinski definition) is 3. The van der Waals surface area contributed by atoms with Crippen LogP contribution in [0.3, 0.4) is 0 Å². The molecule has 2 N–H and O–H groups in total. The molecule has 1 rings (SSSR count). The van der Waals surface area contributed by atoms with E-state index >= 15 is 0 Å². The summed E-state index contributed by atoms with van der Waals surface area (Å²) in [5.74, 6) is 0.203. The predicted octanol–water partition coefficient (Wildman–Crippen LogP) is 2.37. The lowest BCUT2D eigenvalue weighted by Crippen LogP contribution is -2.00. The van der Waals surface area contributed by atoms with Crippen LogP contribution in [-0.2, 0) is 0 Å². The maximum Gasteiger partial charge on any atom is 0.268 e. The third-order valence-corrected chi connectivity index (χ3v) is 2.05. The highest BCUT2D eigenvalue weighted by molar-refractivity contribution is 9.10. The van der Waals surface area contributed by atoms with Gasteiger partial charge in [-0.2, -0.15) is 0 Å². The second-order valence-corrected chi connectivity index (χ2v) is 3.01. The molecule has 3 nitrogen and oxygen atoms in total. The quantitative estimate of drug-likeness (QED) is 0.823. The molecule has 0 bridgehead atoms. The van der Waals surface area contributed by atoms with Crippen molar-refractivity contribution in [3.63, 3.8) is 0 Å². The molecule has 0 aliphatic rings. The maximum absolute atomic E-state index is 12.3. The zero-order valence-electron chi connectivity index (χ0n) is 6.72. The number of anilines is 1. The number of aromatic nitrogens is 1. The second-order valence-electron chi connectivity index (χ2n) is 2.26. The zero-order valence-corrected chi connectivity index (χ0v) is 8.31. The number of nitrogens with two attached hydrogens (primary N) is 1. The average Bonchev–Trinajstić information content (AvgIpc) is 2.02. The first-order valence-corrected chi connectivity index (χ1v) is 4.13. The van der Waals surface area contributed by atoms with Crippen molar-refractivity contribution in [2.75, 3.05) is 12.8 Å². The van der Waals surface area contributed by atoms with E-state index in [4.69, 9.17) is 10.5 Å². The molecule has 0 aromatic carbocycles. The number of nitrogens with zero attached hydrogens (tertiary/aromatic N) is 1. The van der Waals surface area contributed by atoms with Gasteiger partial charge in [-0.05, 0) is 15.9 Å². The molecule has 0 saturated carbocycles. The summed E-state index contributed by atoms with van der Waals surface area (Å²) < 4.78 is 29.4. The van der Waals surface area contributed by atoms with Crippen LogP contribution in [0, 0.1) is 0 Å². The molecule has 0 aliphatic heterocycles. The van der Waals surface area contributed by atoms with Gasteiger partial charge in [0, 0.05) is 11.8 Å². The fourth-order valence-electron chi connectivity index (χ4n) is 0.840. The molecule has 0 amide bonds. The molecular formula is C7H7BrF2N2O. The number of ether oxygens (including phenoxy) is 1. The van der Waals surface area contributed by atoms with Crippen LogP contribution in [0.2, 0.25) is 0 Å². The van der Waals surface area contributed by atoms with E-state index in [9.17, 15) is 8.78 Å². The van der Waals surface area contributed by atoms with Crippen molar-refractivity contribution >= 4 is 21.6 Å². The van der Waals surface area contributed by atoms with Crippen LogP contribution in [0.5, 0.6) is 5.88 Å². The van der Waals surface area contributed by atoms with Crippen LogP contribution in [0.15, 0.2) is 10.7 Å². The van der Waals surface area contributed by atoms with Crippen molar-refractivity contribution < 1.29 is 13.5 Å². The summed E-state index contributed by atoms with van der Waals surface area (Å²) in [6.07, 6.45) is -2.65. The number of hydrogen-bond donors (Lipinski definition) is 1. The number of rotatable bonds is 2. The molecule has 13 heavy (non-hydrogen) atoms. The van der Waals surface area contributed by atoms with Gasteiger partial charge in [0.05, 0.1) is 12.7 Å². The van der Waals surface area contributed by atoms with Gasteiger partial charge in [-0.15, -0.1) is 0 Å². The number of pyridine rings is 1. The van der Waals surface area contributed by atoms with Crippen LogP contribution in [0.25, 0.3) is 0 Å². The third-order valence-electron chi connectivity index (χ3n) is 1.45. The van der Waals surface area contributed by atoms with Crippen LogP contribution >= 0.6 is 15.9 Å². The highest BCUT2D eigenvalue weighted by atomic mass is 79.9. The first kappa shape index (κ1) is 10.2. The van der Waals surface area contributed by atoms with Crippen molar-refractivity contribution in [1.82, 2.24) is 4.98 Å². The van der Waals surface area contributed by atoms with Crippen molar-refractivity contribution in [3.8, 4) is 5.88 Å². The van der Waals surface area contributed by atoms with Crippen LogP contribution in [-0.4, -0.2) is 12.1 Å². The van der Waals surface area contributed by atoms with Crippen LogP contribution in [0.4, 0.5) is 14.5 Å². The van der Waals surface area contributed by atoms with Crippen molar-refractivity contribution in [2.24, 2.45) is 0 Å². The zero-order chi connectivity index (χ0) is 10.0. The number of halogens is 3.